The zero-order valence-corrected chi connectivity index (χ0v) is 18.3. The molecule has 0 aliphatic rings. The van der Waals surface area contributed by atoms with Gasteiger partial charge in [0.2, 0.25) is 5.89 Å². The Balaban J connectivity index is 1.75. The van der Waals surface area contributed by atoms with Gasteiger partial charge in [-0.25, -0.2) is 9.78 Å². The highest BCUT2D eigenvalue weighted by Crippen LogP contribution is 2.26. The predicted molar refractivity (Wildman–Crippen MR) is 121 cm³/mol. The zero-order valence-electron chi connectivity index (χ0n) is 18.3. The monoisotopic (exact) mass is 391 g/mol. The van der Waals surface area contributed by atoms with Crippen molar-refractivity contribution in [2.75, 3.05) is 0 Å². The molecule has 0 amide bonds. The second-order valence-electron chi connectivity index (χ2n) is 9.00. The van der Waals surface area contributed by atoms with Gasteiger partial charge in [0.1, 0.15) is 0 Å². The van der Waals surface area contributed by atoms with Gasteiger partial charge >= 0.3 is 5.63 Å². The minimum absolute atomic E-state index is 0.0859. The smallest absolute Gasteiger partial charge is 0.347 e. The van der Waals surface area contributed by atoms with Crippen LogP contribution in [0.2, 0.25) is 0 Å². The van der Waals surface area contributed by atoms with Crippen LogP contribution in [0.4, 0.5) is 0 Å². The van der Waals surface area contributed by atoms with Crippen molar-refractivity contribution in [2.45, 2.75) is 78.1 Å². The number of aryl methyl sites for hydroxylation is 1. The molecule has 0 atom stereocenters. The Morgan fingerprint density at radius 1 is 0.897 bits per heavy atom. The van der Waals surface area contributed by atoms with E-state index in [1.165, 1.54) is 43.2 Å². The van der Waals surface area contributed by atoms with E-state index < -0.39 is 0 Å². The van der Waals surface area contributed by atoms with E-state index >= 15 is 0 Å². The van der Waals surface area contributed by atoms with Gasteiger partial charge in [-0.3, -0.25) is 0 Å². The number of hydrogen-bond donors (Lipinski definition) is 0. The van der Waals surface area contributed by atoms with E-state index in [1.54, 1.807) is 0 Å². The molecule has 0 aliphatic carbocycles. The summed E-state index contributed by atoms with van der Waals surface area (Å²) in [6, 6.07) is 14.1. The average Bonchev–Trinajstić information content (AvgIpc) is 2.70. The van der Waals surface area contributed by atoms with Crippen molar-refractivity contribution in [1.29, 1.82) is 0 Å². The maximum absolute atomic E-state index is 12.6. The first-order chi connectivity index (χ1) is 13.9. The van der Waals surface area contributed by atoms with Crippen molar-refractivity contribution in [2.24, 2.45) is 0 Å². The fourth-order valence-corrected chi connectivity index (χ4v) is 3.62. The Morgan fingerprint density at radius 2 is 1.59 bits per heavy atom. The lowest BCUT2D eigenvalue weighted by molar-refractivity contribution is 0.518. The van der Waals surface area contributed by atoms with E-state index in [9.17, 15) is 4.79 Å². The van der Waals surface area contributed by atoms with Crippen molar-refractivity contribution in [3.05, 3.63) is 64.0 Å². The summed E-state index contributed by atoms with van der Waals surface area (Å²) >= 11 is 0. The summed E-state index contributed by atoms with van der Waals surface area (Å²) in [5.41, 5.74) is 3.72. The first-order valence-corrected chi connectivity index (χ1v) is 10.9. The molecule has 154 valence electrons. The fourth-order valence-electron chi connectivity index (χ4n) is 3.62. The van der Waals surface area contributed by atoms with Crippen molar-refractivity contribution in [1.82, 2.24) is 4.98 Å². The van der Waals surface area contributed by atoms with Crippen molar-refractivity contribution >= 4 is 10.9 Å². The summed E-state index contributed by atoms with van der Waals surface area (Å²) in [5, 5.41) is 0.573. The molecule has 0 spiro atoms. The Labute approximate surface area is 174 Å². The quantitative estimate of drug-likeness (QED) is 0.386. The Morgan fingerprint density at radius 3 is 2.28 bits per heavy atom. The van der Waals surface area contributed by atoms with E-state index in [-0.39, 0.29) is 11.0 Å². The lowest BCUT2D eigenvalue weighted by Crippen LogP contribution is -2.10. The Bertz CT molecular complexity index is 994. The third-order valence-corrected chi connectivity index (χ3v) is 5.51. The largest absolute Gasteiger partial charge is 0.403 e. The third-order valence-electron chi connectivity index (χ3n) is 5.51. The van der Waals surface area contributed by atoms with Crippen molar-refractivity contribution in [3.63, 3.8) is 0 Å². The molecule has 0 saturated carbocycles. The van der Waals surface area contributed by atoms with Crippen LogP contribution in [0.25, 0.3) is 22.4 Å². The number of nitrogens with zero attached hydrogens (tertiary/aromatic N) is 1. The summed E-state index contributed by atoms with van der Waals surface area (Å²) in [7, 11) is 0. The summed E-state index contributed by atoms with van der Waals surface area (Å²) in [4.78, 5) is 17.2. The Kier molecular flexibility index (Phi) is 6.89. The normalized spacial score (nSPS) is 11.9. The number of unbranched alkanes of at least 4 members (excludes halogenated alkanes) is 5. The number of hydrogen-bond acceptors (Lipinski definition) is 3. The maximum Gasteiger partial charge on any atom is 0.347 e. The van der Waals surface area contributed by atoms with Crippen LogP contribution >= 0.6 is 0 Å². The van der Waals surface area contributed by atoms with Gasteiger partial charge in [-0.05, 0) is 53.6 Å². The second kappa shape index (κ2) is 9.39. The molecule has 0 N–H and O–H groups in total. The van der Waals surface area contributed by atoms with Crippen LogP contribution in [0, 0.1) is 0 Å². The van der Waals surface area contributed by atoms with Gasteiger partial charge in [0.25, 0.3) is 0 Å². The van der Waals surface area contributed by atoms with Gasteiger partial charge < -0.3 is 4.42 Å². The van der Waals surface area contributed by atoms with E-state index in [1.807, 2.05) is 24.3 Å². The van der Waals surface area contributed by atoms with Crippen LogP contribution in [-0.2, 0) is 11.8 Å². The van der Waals surface area contributed by atoms with Gasteiger partial charge in [-0.1, -0.05) is 78.0 Å². The summed E-state index contributed by atoms with van der Waals surface area (Å²) < 4.78 is 5.56. The number of benzene rings is 2. The summed E-state index contributed by atoms with van der Waals surface area (Å²) in [5.74, 6) is 0.381. The molecule has 2 aromatic carbocycles. The molecule has 1 heterocycles. The summed E-state index contributed by atoms with van der Waals surface area (Å²) in [6.45, 7) is 8.78. The lowest BCUT2D eigenvalue weighted by atomic mass is 9.87. The van der Waals surface area contributed by atoms with E-state index in [4.69, 9.17) is 4.42 Å². The highest BCUT2D eigenvalue weighted by Gasteiger charge is 2.14. The molecule has 3 rings (SSSR count). The van der Waals surface area contributed by atoms with Gasteiger partial charge in [-0.15, -0.1) is 0 Å². The predicted octanol–water partition coefficient (Wildman–Crippen LogP) is 7.06. The van der Waals surface area contributed by atoms with Crippen LogP contribution in [-0.4, -0.2) is 4.98 Å². The molecule has 0 saturated heterocycles. The fraction of sp³-hybridized carbons (Fsp3) is 0.462. The zero-order chi connectivity index (χ0) is 20.9. The molecular weight excluding hydrogens is 358 g/mol. The van der Waals surface area contributed by atoms with Crippen LogP contribution in [0.3, 0.4) is 0 Å². The molecule has 0 fully saturated rings. The first kappa shape index (κ1) is 21.3. The topological polar surface area (TPSA) is 43.1 Å². The minimum Gasteiger partial charge on any atom is -0.403 e. The van der Waals surface area contributed by atoms with Crippen LogP contribution in [0.1, 0.15) is 77.3 Å². The van der Waals surface area contributed by atoms with E-state index in [2.05, 4.69) is 50.9 Å². The molecule has 3 aromatic rings. The van der Waals surface area contributed by atoms with Gasteiger partial charge in [0, 0.05) is 5.56 Å². The molecule has 3 heteroatoms. The molecule has 0 aliphatic heterocycles. The highest BCUT2D eigenvalue weighted by atomic mass is 16.4. The van der Waals surface area contributed by atoms with E-state index in [0.717, 1.165) is 18.4 Å². The molecule has 3 nitrogen and oxygen atoms in total. The van der Waals surface area contributed by atoms with Crippen LogP contribution < -0.4 is 5.63 Å². The third kappa shape index (κ3) is 5.56. The molecule has 0 bridgehead atoms. The van der Waals surface area contributed by atoms with Crippen LogP contribution in [0.15, 0.2) is 51.7 Å². The van der Waals surface area contributed by atoms with Gasteiger partial charge in [0.15, 0.2) is 0 Å². The van der Waals surface area contributed by atoms with Gasteiger partial charge in [-0.2, -0.15) is 0 Å². The minimum atomic E-state index is -0.310. The molecule has 0 unspecified atom stereocenters. The average molecular weight is 392 g/mol. The van der Waals surface area contributed by atoms with Gasteiger partial charge in [0.05, 0.1) is 10.9 Å². The number of fused-ring (bicyclic) bond motifs is 1. The first-order valence-electron chi connectivity index (χ1n) is 10.9. The molecular formula is C26H33NO2. The van der Waals surface area contributed by atoms with Crippen LogP contribution in [0.5, 0.6) is 0 Å². The lowest BCUT2D eigenvalue weighted by Gasteiger charge is -2.18. The second-order valence-corrected chi connectivity index (χ2v) is 9.00. The van der Waals surface area contributed by atoms with Crippen molar-refractivity contribution < 1.29 is 4.42 Å². The maximum atomic E-state index is 12.6. The molecule has 1 aromatic heterocycles. The molecule has 0 radical (unpaired) electrons. The number of aromatic nitrogens is 1. The highest BCUT2D eigenvalue weighted by molar-refractivity contribution is 5.79. The standard InChI is InChI=1S/C26H33NO2/c1-5-6-7-8-9-10-11-19-12-17-23-22(18-19)25(28)29-24(27-23)20-13-15-21(16-14-20)26(2,3)4/h12-18H,5-11H2,1-4H3. The molecule has 29 heavy (non-hydrogen) atoms. The Hall–Kier alpha value is -2.42. The number of rotatable bonds is 8. The SMILES string of the molecule is CCCCCCCCc1ccc2nc(-c3ccc(C(C)(C)C)cc3)oc(=O)c2c1. The van der Waals surface area contributed by atoms with E-state index in [0.29, 0.717) is 16.8 Å². The summed E-state index contributed by atoms with van der Waals surface area (Å²) in [6.07, 6.45) is 8.61. The van der Waals surface area contributed by atoms with Crippen molar-refractivity contribution in [3.8, 4) is 11.5 Å².